The second kappa shape index (κ2) is 8.12. The summed E-state index contributed by atoms with van der Waals surface area (Å²) in [7, 11) is 0. The van der Waals surface area contributed by atoms with Crippen molar-refractivity contribution in [3.63, 3.8) is 0 Å². The fourth-order valence-corrected chi connectivity index (χ4v) is 2.15. The van der Waals surface area contributed by atoms with Gasteiger partial charge < -0.3 is 20.3 Å². The summed E-state index contributed by atoms with van der Waals surface area (Å²) < 4.78 is 5.29. The maximum Gasteiger partial charge on any atom is 0.244 e. The van der Waals surface area contributed by atoms with Crippen LogP contribution in [0.1, 0.15) is 27.2 Å². The maximum atomic E-state index is 12.0. The molecule has 0 saturated carbocycles. The third-order valence-corrected chi connectivity index (χ3v) is 3.25. The van der Waals surface area contributed by atoms with E-state index in [0.29, 0.717) is 32.7 Å². The molecular formula is C13H25N3O3. The fourth-order valence-electron chi connectivity index (χ4n) is 2.15. The molecule has 0 aromatic heterocycles. The van der Waals surface area contributed by atoms with Gasteiger partial charge in [0.25, 0.3) is 0 Å². The van der Waals surface area contributed by atoms with E-state index in [2.05, 4.69) is 10.6 Å². The van der Waals surface area contributed by atoms with Crippen LogP contribution in [-0.2, 0) is 14.3 Å². The lowest BCUT2D eigenvalue weighted by molar-refractivity contribution is -0.135. The molecule has 0 radical (unpaired) electrons. The number of likely N-dealkylation sites (N-methyl/N-ethyl adjacent to an activating group) is 1. The van der Waals surface area contributed by atoms with E-state index >= 15 is 0 Å². The summed E-state index contributed by atoms with van der Waals surface area (Å²) in [6, 6.07) is -0.429. The highest BCUT2D eigenvalue weighted by molar-refractivity contribution is 5.87. The number of morpholine rings is 1. The SMILES string of the molecule is CCN(CC)C(=O)C(C)NC(=O)CC1COCCN1. The third-order valence-electron chi connectivity index (χ3n) is 3.25. The number of amides is 2. The summed E-state index contributed by atoms with van der Waals surface area (Å²) in [5.41, 5.74) is 0. The number of ether oxygens (including phenoxy) is 1. The van der Waals surface area contributed by atoms with Gasteiger partial charge in [-0.25, -0.2) is 0 Å². The maximum absolute atomic E-state index is 12.0. The molecule has 1 rings (SSSR count). The lowest BCUT2D eigenvalue weighted by Crippen LogP contribution is -2.49. The summed E-state index contributed by atoms with van der Waals surface area (Å²) in [4.78, 5) is 25.6. The van der Waals surface area contributed by atoms with Crippen molar-refractivity contribution >= 4 is 11.8 Å². The molecule has 0 aliphatic carbocycles. The zero-order valence-electron chi connectivity index (χ0n) is 12.1. The molecule has 2 amide bonds. The van der Waals surface area contributed by atoms with E-state index in [1.54, 1.807) is 11.8 Å². The number of nitrogens with one attached hydrogen (secondary N) is 2. The summed E-state index contributed by atoms with van der Waals surface area (Å²) in [6.07, 6.45) is 0.343. The zero-order valence-corrected chi connectivity index (χ0v) is 12.1. The minimum Gasteiger partial charge on any atom is -0.378 e. The molecule has 1 fully saturated rings. The Hall–Kier alpha value is -1.14. The second-order valence-corrected chi connectivity index (χ2v) is 4.73. The Labute approximate surface area is 114 Å². The Morgan fingerprint density at radius 2 is 2.11 bits per heavy atom. The Bertz CT molecular complexity index is 300. The lowest BCUT2D eigenvalue weighted by Gasteiger charge is -2.26. The summed E-state index contributed by atoms with van der Waals surface area (Å²) >= 11 is 0. The van der Waals surface area contributed by atoms with Crippen LogP contribution >= 0.6 is 0 Å². The zero-order chi connectivity index (χ0) is 14.3. The third kappa shape index (κ3) is 5.16. The highest BCUT2D eigenvalue weighted by atomic mass is 16.5. The van der Waals surface area contributed by atoms with Crippen molar-refractivity contribution in [2.45, 2.75) is 39.3 Å². The van der Waals surface area contributed by atoms with E-state index in [9.17, 15) is 9.59 Å². The average molecular weight is 271 g/mol. The Morgan fingerprint density at radius 1 is 1.42 bits per heavy atom. The molecule has 2 unspecified atom stereocenters. The summed E-state index contributed by atoms with van der Waals surface area (Å²) in [6.45, 7) is 8.91. The van der Waals surface area contributed by atoms with Crippen molar-refractivity contribution in [2.75, 3.05) is 32.8 Å². The van der Waals surface area contributed by atoms with E-state index < -0.39 is 6.04 Å². The molecular weight excluding hydrogens is 246 g/mol. The molecule has 1 aliphatic heterocycles. The molecule has 2 N–H and O–H groups in total. The number of rotatable bonds is 6. The van der Waals surface area contributed by atoms with Gasteiger partial charge in [-0.2, -0.15) is 0 Å². The van der Waals surface area contributed by atoms with Crippen LogP contribution in [0.2, 0.25) is 0 Å². The molecule has 19 heavy (non-hydrogen) atoms. The van der Waals surface area contributed by atoms with Crippen LogP contribution in [0, 0.1) is 0 Å². The molecule has 6 heteroatoms. The number of nitrogens with zero attached hydrogens (tertiary/aromatic N) is 1. The number of carbonyl (C=O) groups excluding carboxylic acids is 2. The number of carbonyl (C=O) groups is 2. The van der Waals surface area contributed by atoms with Gasteiger partial charge in [-0.3, -0.25) is 9.59 Å². The second-order valence-electron chi connectivity index (χ2n) is 4.73. The highest BCUT2D eigenvalue weighted by Gasteiger charge is 2.22. The van der Waals surface area contributed by atoms with E-state index in [1.807, 2.05) is 13.8 Å². The first-order chi connectivity index (χ1) is 9.08. The van der Waals surface area contributed by atoms with Gasteiger partial charge in [-0.15, -0.1) is 0 Å². The van der Waals surface area contributed by atoms with Crippen LogP contribution in [0.5, 0.6) is 0 Å². The van der Waals surface area contributed by atoms with Gasteiger partial charge in [0.15, 0.2) is 0 Å². The molecule has 0 spiro atoms. The average Bonchev–Trinajstić information content (AvgIpc) is 2.40. The molecule has 1 saturated heterocycles. The van der Waals surface area contributed by atoms with Crippen LogP contribution in [-0.4, -0.2) is 61.6 Å². The molecule has 1 aliphatic rings. The Balaban J connectivity index is 2.36. The van der Waals surface area contributed by atoms with E-state index in [1.165, 1.54) is 0 Å². The first kappa shape index (κ1) is 15.9. The highest BCUT2D eigenvalue weighted by Crippen LogP contribution is 2.00. The molecule has 0 bridgehead atoms. The lowest BCUT2D eigenvalue weighted by atomic mass is 10.1. The van der Waals surface area contributed by atoms with E-state index in [4.69, 9.17) is 4.74 Å². The molecule has 0 aromatic rings. The molecule has 110 valence electrons. The monoisotopic (exact) mass is 271 g/mol. The van der Waals surface area contributed by atoms with Crippen molar-refractivity contribution in [3.05, 3.63) is 0 Å². The molecule has 0 aromatic carbocycles. The normalized spacial score (nSPS) is 20.7. The summed E-state index contributed by atoms with van der Waals surface area (Å²) in [5, 5.41) is 5.97. The fraction of sp³-hybridized carbons (Fsp3) is 0.846. The van der Waals surface area contributed by atoms with Gasteiger partial charge in [0.2, 0.25) is 11.8 Å². The van der Waals surface area contributed by atoms with Crippen molar-refractivity contribution < 1.29 is 14.3 Å². The van der Waals surface area contributed by atoms with Gasteiger partial charge in [0.1, 0.15) is 6.04 Å². The predicted octanol–water partition coefficient (Wildman–Crippen LogP) is -0.262. The van der Waals surface area contributed by atoms with Crippen molar-refractivity contribution in [1.82, 2.24) is 15.5 Å². The van der Waals surface area contributed by atoms with Gasteiger partial charge in [0, 0.05) is 32.1 Å². The van der Waals surface area contributed by atoms with Crippen LogP contribution < -0.4 is 10.6 Å². The summed E-state index contributed by atoms with van der Waals surface area (Å²) in [5.74, 6) is -0.151. The van der Waals surface area contributed by atoms with Crippen molar-refractivity contribution in [2.24, 2.45) is 0 Å². The van der Waals surface area contributed by atoms with Crippen molar-refractivity contribution in [3.8, 4) is 0 Å². The van der Waals surface area contributed by atoms with Crippen LogP contribution in [0.25, 0.3) is 0 Å². The van der Waals surface area contributed by atoms with Crippen LogP contribution in [0.4, 0.5) is 0 Å². The minimum absolute atomic E-state index is 0.0359. The standard InChI is InChI=1S/C13H25N3O3/c1-4-16(5-2)13(18)10(3)15-12(17)8-11-9-19-7-6-14-11/h10-11,14H,4-9H2,1-3H3,(H,15,17). The van der Waals surface area contributed by atoms with Crippen molar-refractivity contribution in [1.29, 1.82) is 0 Å². The molecule has 1 heterocycles. The Kier molecular flexibility index (Phi) is 6.80. The van der Waals surface area contributed by atoms with Gasteiger partial charge in [0.05, 0.1) is 13.2 Å². The number of hydrogen-bond acceptors (Lipinski definition) is 4. The van der Waals surface area contributed by atoms with Crippen LogP contribution in [0.3, 0.4) is 0 Å². The Morgan fingerprint density at radius 3 is 2.63 bits per heavy atom. The first-order valence-electron chi connectivity index (χ1n) is 6.97. The predicted molar refractivity (Wildman–Crippen MR) is 72.8 cm³/mol. The van der Waals surface area contributed by atoms with Crippen LogP contribution in [0.15, 0.2) is 0 Å². The van der Waals surface area contributed by atoms with Gasteiger partial charge >= 0.3 is 0 Å². The quantitative estimate of drug-likeness (QED) is 0.698. The van der Waals surface area contributed by atoms with Gasteiger partial charge in [-0.1, -0.05) is 0 Å². The van der Waals surface area contributed by atoms with Gasteiger partial charge in [-0.05, 0) is 20.8 Å². The largest absolute Gasteiger partial charge is 0.378 e. The topological polar surface area (TPSA) is 70.7 Å². The molecule has 2 atom stereocenters. The molecule has 6 nitrogen and oxygen atoms in total. The number of hydrogen-bond donors (Lipinski definition) is 2. The minimum atomic E-state index is -0.475. The smallest absolute Gasteiger partial charge is 0.244 e. The van der Waals surface area contributed by atoms with E-state index in [-0.39, 0.29) is 17.9 Å². The van der Waals surface area contributed by atoms with E-state index in [0.717, 1.165) is 6.54 Å². The first-order valence-corrected chi connectivity index (χ1v) is 6.97.